The van der Waals surface area contributed by atoms with Crippen LogP contribution in [-0.4, -0.2) is 39.6 Å². The van der Waals surface area contributed by atoms with Crippen molar-refractivity contribution in [3.05, 3.63) is 29.8 Å². The molecule has 106 valence electrons. The van der Waals surface area contributed by atoms with Crippen LogP contribution >= 0.6 is 0 Å². The molecule has 1 aliphatic rings. The van der Waals surface area contributed by atoms with Gasteiger partial charge in [0.2, 0.25) is 0 Å². The van der Waals surface area contributed by atoms with Gasteiger partial charge in [-0.15, -0.1) is 0 Å². The van der Waals surface area contributed by atoms with Crippen molar-refractivity contribution in [2.24, 2.45) is 0 Å². The van der Waals surface area contributed by atoms with Gasteiger partial charge in [-0.2, -0.15) is 0 Å². The molecule has 0 amide bonds. The lowest BCUT2D eigenvalue weighted by molar-refractivity contribution is 0.0544. The van der Waals surface area contributed by atoms with E-state index in [2.05, 4.69) is 17.4 Å². The minimum Gasteiger partial charge on any atom is -0.491 e. The quantitative estimate of drug-likeness (QED) is 0.657. The molecule has 1 N–H and O–H groups in total. The highest BCUT2D eigenvalue weighted by molar-refractivity contribution is 5.28. The monoisotopic (exact) mass is 265 g/mol. The maximum Gasteiger partial charge on any atom is 0.119 e. The van der Waals surface area contributed by atoms with Gasteiger partial charge in [0.1, 0.15) is 12.4 Å². The highest BCUT2D eigenvalue weighted by atomic mass is 16.5. The molecule has 2 rings (SSSR count). The summed E-state index contributed by atoms with van der Waals surface area (Å²) in [4.78, 5) is 0. The second-order valence-corrected chi connectivity index (χ2v) is 4.76. The van der Waals surface area contributed by atoms with E-state index in [9.17, 15) is 0 Å². The van der Waals surface area contributed by atoms with Gasteiger partial charge in [0.25, 0.3) is 0 Å². The Morgan fingerprint density at radius 2 is 2.00 bits per heavy atom. The summed E-state index contributed by atoms with van der Waals surface area (Å²) in [6.07, 6.45) is 2.63. The Bertz CT molecular complexity index is 366. The van der Waals surface area contributed by atoms with E-state index < -0.39 is 0 Å². The average molecular weight is 265 g/mol. The molecule has 4 nitrogen and oxygen atoms in total. The van der Waals surface area contributed by atoms with E-state index in [1.165, 1.54) is 18.4 Å². The first-order valence-electron chi connectivity index (χ1n) is 6.90. The first-order chi connectivity index (χ1) is 9.38. The van der Waals surface area contributed by atoms with Crippen molar-refractivity contribution in [2.45, 2.75) is 25.4 Å². The predicted octanol–water partition coefficient (Wildman–Crippen LogP) is 1.98. The normalized spacial score (nSPS) is 14.6. The van der Waals surface area contributed by atoms with E-state index in [4.69, 9.17) is 14.2 Å². The lowest BCUT2D eigenvalue weighted by Gasteiger charge is -2.09. The number of benzene rings is 1. The fraction of sp³-hybridized carbons (Fsp3) is 0.600. The second-order valence-electron chi connectivity index (χ2n) is 4.76. The minimum atomic E-state index is 0.573. The van der Waals surface area contributed by atoms with E-state index in [0.717, 1.165) is 18.3 Å². The van der Waals surface area contributed by atoms with E-state index in [1.807, 2.05) is 12.1 Å². The SMILES string of the molecule is COCCOCCOc1cccc(CNC2CC2)c1. The van der Waals surface area contributed by atoms with Gasteiger partial charge in [-0.3, -0.25) is 0 Å². The van der Waals surface area contributed by atoms with E-state index >= 15 is 0 Å². The number of rotatable bonds is 10. The van der Waals surface area contributed by atoms with Gasteiger partial charge in [0.05, 0.1) is 19.8 Å². The molecule has 19 heavy (non-hydrogen) atoms. The van der Waals surface area contributed by atoms with Crippen molar-refractivity contribution in [3.8, 4) is 5.75 Å². The fourth-order valence-corrected chi connectivity index (χ4v) is 1.76. The molecule has 1 aliphatic carbocycles. The lowest BCUT2D eigenvalue weighted by atomic mass is 10.2. The van der Waals surface area contributed by atoms with Gasteiger partial charge in [0, 0.05) is 19.7 Å². The van der Waals surface area contributed by atoms with Crippen LogP contribution in [0.5, 0.6) is 5.75 Å². The third-order valence-electron chi connectivity index (χ3n) is 3.00. The Kier molecular flexibility index (Phi) is 6.14. The summed E-state index contributed by atoms with van der Waals surface area (Å²) in [5.41, 5.74) is 1.27. The molecule has 0 radical (unpaired) electrons. The summed E-state index contributed by atoms with van der Waals surface area (Å²) in [5, 5.41) is 3.50. The zero-order valence-electron chi connectivity index (χ0n) is 11.6. The molecule has 1 aromatic rings. The largest absolute Gasteiger partial charge is 0.491 e. The molecule has 0 atom stereocenters. The van der Waals surface area contributed by atoms with Crippen LogP contribution in [0.15, 0.2) is 24.3 Å². The zero-order chi connectivity index (χ0) is 13.3. The number of methoxy groups -OCH3 is 1. The van der Waals surface area contributed by atoms with Crippen molar-refractivity contribution >= 4 is 0 Å². The van der Waals surface area contributed by atoms with Crippen LogP contribution in [0, 0.1) is 0 Å². The van der Waals surface area contributed by atoms with Crippen molar-refractivity contribution in [3.63, 3.8) is 0 Å². The number of ether oxygens (including phenoxy) is 3. The summed E-state index contributed by atoms with van der Waals surface area (Å²) in [6.45, 7) is 3.33. The zero-order valence-corrected chi connectivity index (χ0v) is 11.6. The highest BCUT2D eigenvalue weighted by Gasteiger charge is 2.19. The van der Waals surface area contributed by atoms with Crippen molar-refractivity contribution in [1.82, 2.24) is 5.32 Å². The Morgan fingerprint density at radius 1 is 1.16 bits per heavy atom. The van der Waals surface area contributed by atoms with Crippen molar-refractivity contribution < 1.29 is 14.2 Å². The molecule has 0 unspecified atom stereocenters. The summed E-state index contributed by atoms with van der Waals surface area (Å²) in [7, 11) is 1.67. The van der Waals surface area contributed by atoms with E-state index in [0.29, 0.717) is 26.4 Å². The molecule has 0 aromatic heterocycles. The predicted molar refractivity (Wildman–Crippen MR) is 74.5 cm³/mol. The number of hydrogen-bond donors (Lipinski definition) is 1. The molecule has 0 saturated heterocycles. The maximum absolute atomic E-state index is 5.66. The van der Waals surface area contributed by atoms with Gasteiger partial charge in [-0.1, -0.05) is 12.1 Å². The van der Waals surface area contributed by atoms with Crippen LogP contribution in [0.2, 0.25) is 0 Å². The van der Waals surface area contributed by atoms with E-state index in [-0.39, 0.29) is 0 Å². The van der Waals surface area contributed by atoms with Gasteiger partial charge in [-0.05, 0) is 30.5 Å². The van der Waals surface area contributed by atoms with Crippen LogP contribution < -0.4 is 10.1 Å². The first-order valence-corrected chi connectivity index (χ1v) is 6.90. The summed E-state index contributed by atoms with van der Waals surface area (Å²) in [5.74, 6) is 0.908. The van der Waals surface area contributed by atoms with Gasteiger partial charge in [-0.25, -0.2) is 0 Å². The Labute approximate surface area is 115 Å². The topological polar surface area (TPSA) is 39.7 Å². The molecule has 1 saturated carbocycles. The van der Waals surface area contributed by atoms with Crippen LogP contribution in [-0.2, 0) is 16.0 Å². The molecule has 1 aromatic carbocycles. The van der Waals surface area contributed by atoms with Crippen LogP contribution in [0.4, 0.5) is 0 Å². The summed E-state index contributed by atoms with van der Waals surface area (Å²) < 4.78 is 15.9. The third kappa shape index (κ3) is 6.05. The van der Waals surface area contributed by atoms with Gasteiger partial charge >= 0.3 is 0 Å². The molecular weight excluding hydrogens is 242 g/mol. The van der Waals surface area contributed by atoms with Crippen LogP contribution in [0.25, 0.3) is 0 Å². The smallest absolute Gasteiger partial charge is 0.119 e. The Morgan fingerprint density at radius 3 is 2.79 bits per heavy atom. The van der Waals surface area contributed by atoms with Crippen LogP contribution in [0.3, 0.4) is 0 Å². The molecule has 0 bridgehead atoms. The number of hydrogen-bond acceptors (Lipinski definition) is 4. The van der Waals surface area contributed by atoms with Crippen molar-refractivity contribution in [1.29, 1.82) is 0 Å². The average Bonchev–Trinajstić information content (AvgIpc) is 3.25. The fourth-order valence-electron chi connectivity index (χ4n) is 1.76. The molecule has 4 heteroatoms. The summed E-state index contributed by atoms with van der Waals surface area (Å²) in [6, 6.07) is 8.96. The van der Waals surface area contributed by atoms with Crippen molar-refractivity contribution in [2.75, 3.05) is 33.5 Å². The third-order valence-corrected chi connectivity index (χ3v) is 3.00. The second kappa shape index (κ2) is 8.15. The Hall–Kier alpha value is -1.10. The van der Waals surface area contributed by atoms with Crippen LogP contribution in [0.1, 0.15) is 18.4 Å². The highest BCUT2D eigenvalue weighted by Crippen LogP contribution is 2.20. The minimum absolute atomic E-state index is 0.573. The Balaban J connectivity index is 1.63. The van der Waals surface area contributed by atoms with Gasteiger partial charge < -0.3 is 19.5 Å². The standard InChI is InChI=1S/C15H23NO3/c1-17-7-8-18-9-10-19-15-4-2-3-13(11-15)12-16-14-5-6-14/h2-4,11,14,16H,5-10,12H2,1H3. The number of nitrogens with one attached hydrogen (secondary N) is 1. The molecule has 0 spiro atoms. The first kappa shape index (κ1) is 14.3. The van der Waals surface area contributed by atoms with Gasteiger partial charge in [0.15, 0.2) is 0 Å². The molecular formula is C15H23NO3. The molecule has 0 aliphatic heterocycles. The molecule has 0 heterocycles. The maximum atomic E-state index is 5.66. The molecule has 1 fully saturated rings. The lowest BCUT2D eigenvalue weighted by Crippen LogP contribution is -2.15. The summed E-state index contributed by atoms with van der Waals surface area (Å²) >= 11 is 0. The van der Waals surface area contributed by atoms with E-state index in [1.54, 1.807) is 7.11 Å².